The van der Waals surface area contributed by atoms with Gasteiger partial charge >= 0.3 is 0 Å². The highest BCUT2D eigenvalue weighted by atomic mass is 14.9. The second-order valence-electron chi connectivity index (χ2n) is 11.7. The fourth-order valence-corrected chi connectivity index (χ4v) is 6.94. The van der Waals surface area contributed by atoms with E-state index < -0.39 is 5.54 Å². The van der Waals surface area contributed by atoms with Crippen molar-refractivity contribution in [1.82, 2.24) is 9.97 Å². The molecule has 1 fully saturated rings. The second kappa shape index (κ2) is 11.8. The molecule has 0 aliphatic heterocycles. The molecule has 2 aliphatic carbocycles. The largest absolute Gasteiger partial charge is 0.348 e. The van der Waals surface area contributed by atoms with Gasteiger partial charge in [0.1, 0.15) is 5.54 Å². The number of allylic oxidation sites excluding steroid dienone is 1. The van der Waals surface area contributed by atoms with Crippen LogP contribution in [0.4, 0.5) is 0 Å². The van der Waals surface area contributed by atoms with E-state index in [1.807, 2.05) is 0 Å². The lowest BCUT2D eigenvalue weighted by Gasteiger charge is -2.35. The highest BCUT2D eigenvalue weighted by Crippen LogP contribution is 2.43. The Morgan fingerprint density at radius 3 is 2.10 bits per heavy atom. The van der Waals surface area contributed by atoms with Crippen molar-refractivity contribution in [3.05, 3.63) is 166 Å². The van der Waals surface area contributed by atoms with Crippen LogP contribution in [0.3, 0.4) is 0 Å². The molecule has 3 heteroatoms. The Balaban J connectivity index is 1.36. The van der Waals surface area contributed by atoms with Crippen LogP contribution in [-0.2, 0) is 18.4 Å². The SMILES string of the molecule is C1=Cc2nc[nH]c2CC1=NC(c1ccccc1)(c1ccccc1)c1ccccc1Cc1ccc(C2CCCCC2)cc1. The van der Waals surface area contributed by atoms with Crippen molar-refractivity contribution in [2.75, 3.05) is 0 Å². The maximum Gasteiger partial charge on any atom is 0.136 e. The summed E-state index contributed by atoms with van der Waals surface area (Å²) in [5, 5.41) is 0. The number of hydrogen-bond acceptors (Lipinski definition) is 2. The Morgan fingerprint density at radius 1 is 0.714 bits per heavy atom. The van der Waals surface area contributed by atoms with Crippen molar-refractivity contribution in [2.24, 2.45) is 4.99 Å². The maximum absolute atomic E-state index is 5.72. The maximum atomic E-state index is 5.72. The first-order valence-electron chi connectivity index (χ1n) is 15.4. The molecule has 1 N–H and O–H groups in total. The number of benzene rings is 4. The third-order valence-electron chi connectivity index (χ3n) is 9.10. The minimum absolute atomic E-state index is 0.710. The fourth-order valence-electron chi connectivity index (χ4n) is 6.94. The lowest BCUT2D eigenvalue weighted by Crippen LogP contribution is -2.30. The van der Waals surface area contributed by atoms with E-state index >= 15 is 0 Å². The number of aromatic amines is 1. The Morgan fingerprint density at radius 2 is 1.38 bits per heavy atom. The monoisotopic (exact) mass is 547 g/mol. The van der Waals surface area contributed by atoms with Gasteiger partial charge in [0.25, 0.3) is 0 Å². The molecular formula is C39H37N3. The molecule has 2 aliphatic rings. The summed E-state index contributed by atoms with van der Waals surface area (Å²) in [4.78, 5) is 13.5. The minimum Gasteiger partial charge on any atom is -0.348 e. The van der Waals surface area contributed by atoms with E-state index in [0.717, 1.165) is 47.0 Å². The minimum atomic E-state index is -0.710. The highest BCUT2D eigenvalue weighted by Gasteiger charge is 2.38. The molecule has 1 heterocycles. The summed E-state index contributed by atoms with van der Waals surface area (Å²) in [6.07, 6.45) is 14.3. The summed E-state index contributed by atoms with van der Waals surface area (Å²) in [6, 6.07) is 39.9. The van der Waals surface area contributed by atoms with Gasteiger partial charge in [0.15, 0.2) is 0 Å². The molecule has 7 rings (SSSR count). The van der Waals surface area contributed by atoms with Crippen LogP contribution in [0.25, 0.3) is 6.08 Å². The van der Waals surface area contributed by atoms with Crippen LogP contribution < -0.4 is 0 Å². The van der Waals surface area contributed by atoms with Crippen molar-refractivity contribution in [3.63, 3.8) is 0 Å². The molecule has 1 saturated carbocycles. The second-order valence-corrected chi connectivity index (χ2v) is 11.7. The highest BCUT2D eigenvalue weighted by molar-refractivity contribution is 6.02. The molecule has 0 atom stereocenters. The molecule has 5 aromatic rings. The zero-order valence-electron chi connectivity index (χ0n) is 24.0. The fraction of sp³-hybridized carbons (Fsp3) is 0.231. The number of aromatic nitrogens is 2. The molecule has 1 aromatic heterocycles. The quantitative estimate of drug-likeness (QED) is 0.203. The number of nitrogens with one attached hydrogen (secondary N) is 1. The molecule has 0 saturated heterocycles. The van der Waals surface area contributed by atoms with Crippen LogP contribution in [0.2, 0.25) is 0 Å². The molecule has 4 aromatic carbocycles. The predicted molar refractivity (Wildman–Crippen MR) is 173 cm³/mol. The van der Waals surface area contributed by atoms with Crippen LogP contribution >= 0.6 is 0 Å². The molecule has 0 bridgehead atoms. The smallest absolute Gasteiger partial charge is 0.136 e. The molecule has 3 nitrogen and oxygen atoms in total. The van der Waals surface area contributed by atoms with Crippen molar-refractivity contribution in [2.45, 2.75) is 56.4 Å². The van der Waals surface area contributed by atoms with Gasteiger partial charge in [-0.15, -0.1) is 0 Å². The predicted octanol–water partition coefficient (Wildman–Crippen LogP) is 9.05. The summed E-state index contributed by atoms with van der Waals surface area (Å²) in [5.41, 5.74) is 10.1. The molecule has 0 radical (unpaired) electrons. The zero-order valence-corrected chi connectivity index (χ0v) is 24.0. The number of H-pyrrole nitrogens is 1. The summed E-state index contributed by atoms with van der Waals surface area (Å²) < 4.78 is 0. The number of hydrogen-bond donors (Lipinski definition) is 1. The summed E-state index contributed by atoms with van der Waals surface area (Å²) in [7, 11) is 0. The van der Waals surface area contributed by atoms with E-state index in [4.69, 9.17) is 4.99 Å². The van der Waals surface area contributed by atoms with Crippen LogP contribution in [0.1, 0.15) is 82.8 Å². The van der Waals surface area contributed by atoms with Gasteiger partial charge in [-0.25, -0.2) is 4.98 Å². The first-order chi connectivity index (χ1) is 20.8. The number of rotatable bonds is 7. The first-order valence-corrected chi connectivity index (χ1v) is 15.4. The normalized spacial score (nSPS) is 16.4. The number of nitrogens with zero attached hydrogens (tertiary/aromatic N) is 2. The van der Waals surface area contributed by atoms with Gasteiger partial charge in [-0.2, -0.15) is 0 Å². The lowest BCUT2D eigenvalue weighted by molar-refractivity contribution is 0.443. The average molecular weight is 548 g/mol. The molecular weight excluding hydrogens is 510 g/mol. The van der Waals surface area contributed by atoms with Gasteiger partial charge in [-0.05, 0) is 70.7 Å². The van der Waals surface area contributed by atoms with Crippen LogP contribution in [-0.4, -0.2) is 15.7 Å². The summed E-state index contributed by atoms with van der Waals surface area (Å²) >= 11 is 0. The van der Waals surface area contributed by atoms with Gasteiger partial charge in [-0.3, -0.25) is 4.99 Å². The third-order valence-corrected chi connectivity index (χ3v) is 9.10. The van der Waals surface area contributed by atoms with Crippen LogP contribution in [0.5, 0.6) is 0 Å². The molecule has 0 unspecified atom stereocenters. The van der Waals surface area contributed by atoms with E-state index in [0.29, 0.717) is 0 Å². The van der Waals surface area contributed by atoms with Gasteiger partial charge in [0.2, 0.25) is 0 Å². The van der Waals surface area contributed by atoms with Gasteiger partial charge in [0.05, 0.1) is 12.0 Å². The number of aliphatic imine (C=N–C) groups is 1. The average Bonchev–Trinajstić information content (AvgIpc) is 3.54. The zero-order chi connectivity index (χ0) is 28.2. The topological polar surface area (TPSA) is 41.0 Å². The van der Waals surface area contributed by atoms with Gasteiger partial charge in [0, 0.05) is 17.8 Å². The van der Waals surface area contributed by atoms with Crippen LogP contribution in [0.15, 0.2) is 127 Å². The Kier molecular flexibility index (Phi) is 7.40. The standard InChI is InChI=1S/C39H37N3/c1-4-12-30(13-5-1)31-22-20-29(21-23-31)26-32-14-10-11-19-36(32)39(33-15-6-2-7-16-33,34-17-8-3-9-18-34)42-35-24-25-37-38(27-35)41-28-40-37/h2-3,6-11,14-25,28,30H,1,4-5,12-13,26-27H2,(H,40,41). The van der Waals surface area contributed by atoms with E-state index in [1.54, 1.807) is 6.33 Å². The van der Waals surface area contributed by atoms with Crippen molar-refractivity contribution >= 4 is 11.8 Å². The first kappa shape index (κ1) is 26.4. The molecule has 0 spiro atoms. The van der Waals surface area contributed by atoms with Crippen LogP contribution in [0, 0.1) is 0 Å². The summed E-state index contributed by atoms with van der Waals surface area (Å²) in [5.74, 6) is 0.721. The van der Waals surface area contributed by atoms with E-state index in [-0.39, 0.29) is 0 Å². The van der Waals surface area contributed by atoms with E-state index in [9.17, 15) is 0 Å². The third kappa shape index (κ3) is 5.16. The Hall–Kier alpha value is -4.50. The van der Waals surface area contributed by atoms with E-state index in [2.05, 4.69) is 131 Å². The Bertz CT molecular complexity index is 1650. The molecule has 42 heavy (non-hydrogen) atoms. The van der Waals surface area contributed by atoms with Gasteiger partial charge < -0.3 is 4.98 Å². The lowest BCUT2D eigenvalue weighted by atomic mass is 9.74. The summed E-state index contributed by atoms with van der Waals surface area (Å²) in [6.45, 7) is 0. The molecule has 0 amide bonds. The van der Waals surface area contributed by atoms with Crippen molar-refractivity contribution < 1.29 is 0 Å². The number of fused-ring (bicyclic) bond motifs is 1. The van der Waals surface area contributed by atoms with Crippen molar-refractivity contribution in [1.29, 1.82) is 0 Å². The van der Waals surface area contributed by atoms with Crippen molar-refractivity contribution in [3.8, 4) is 0 Å². The Labute approximate surface area is 249 Å². The number of imidazole rings is 1. The molecule has 208 valence electrons. The van der Waals surface area contributed by atoms with E-state index in [1.165, 1.54) is 54.4 Å². The van der Waals surface area contributed by atoms with Gasteiger partial charge in [-0.1, -0.05) is 128 Å².